The summed E-state index contributed by atoms with van der Waals surface area (Å²) < 4.78 is 5.22. The molecule has 0 bridgehead atoms. The molecule has 0 radical (unpaired) electrons. The lowest BCUT2D eigenvalue weighted by molar-refractivity contribution is -0.147. The van der Waals surface area contributed by atoms with E-state index in [4.69, 9.17) is 9.84 Å². The van der Waals surface area contributed by atoms with E-state index < -0.39 is 23.6 Å². The fourth-order valence-electron chi connectivity index (χ4n) is 3.00. The van der Waals surface area contributed by atoms with Crippen molar-refractivity contribution in [3.05, 3.63) is 0 Å². The summed E-state index contributed by atoms with van der Waals surface area (Å²) in [6.45, 7) is 5.89. The second kappa shape index (κ2) is 5.54. The summed E-state index contributed by atoms with van der Waals surface area (Å²) in [6, 6.07) is -0.498. The summed E-state index contributed by atoms with van der Waals surface area (Å²) in [4.78, 5) is 36.6. The van der Waals surface area contributed by atoms with Crippen LogP contribution in [0.2, 0.25) is 0 Å². The number of nitrogens with one attached hydrogen (secondary N) is 1. The number of amides is 2. The Hall–Kier alpha value is -1.79. The first kappa shape index (κ1) is 15.6. The smallest absolute Gasteiger partial charge is 0.407 e. The lowest BCUT2D eigenvalue weighted by Crippen LogP contribution is -2.54. The number of alkyl carbamates (subject to hydrolysis) is 1. The zero-order valence-corrected chi connectivity index (χ0v) is 12.6. The van der Waals surface area contributed by atoms with E-state index in [1.54, 1.807) is 25.7 Å². The molecule has 7 nitrogen and oxygen atoms in total. The summed E-state index contributed by atoms with van der Waals surface area (Å²) in [7, 11) is 0. The minimum Gasteiger partial charge on any atom is -0.481 e. The van der Waals surface area contributed by atoms with Gasteiger partial charge in [-0.1, -0.05) is 0 Å². The molecule has 0 aromatic rings. The van der Waals surface area contributed by atoms with Gasteiger partial charge in [0.05, 0.1) is 12.1 Å². The maximum absolute atomic E-state index is 12.0. The van der Waals surface area contributed by atoms with Crippen LogP contribution in [0.25, 0.3) is 0 Å². The number of rotatable bonds is 2. The van der Waals surface area contributed by atoms with Crippen molar-refractivity contribution in [2.45, 2.75) is 57.7 Å². The Morgan fingerprint density at radius 3 is 2.62 bits per heavy atom. The summed E-state index contributed by atoms with van der Waals surface area (Å²) in [5.74, 6) is -2.43. The van der Waals surface area contributed by atoms with Crippen molar-refractivity contribution >= 4 is 18.0 Å². The number of nitrogens with zero attached hydrogens (tertiary/aromatic N) is 1. The Morgan fingerprint density at radius 2 is 2.05 bits per heavy atom. The molecule has 21 heavy (non-hydrogen) atoms. The van der Waals surface area contributed by atoms with Crippen molar-refractivity contribution in [2.24, 2.45) is 5.92 Å². The monoisotopic (exact) mass is 298 g/mol. The highest BCUT2D eigenvalue weighted by atomic mass is 16.6. The average Bonchev–Trinajstić information content (AvgIpc) is 2.66. The average molecular weight is 298 g/mol. The normalized spacial score (nSPS) is 29.0. The molecular weight excluding hydrogens is 276 g/mol. The number of hydrogen-bond donors (Lipinski definition) is 2. The molecule has 2 aliphatic rings. The van der Waals surface area contributed by atoms with Gasteiger partial charge in [-0.25, -0.2) is 4.79 Å². The molecule has 0 saturated carbocycles. The number of hydrogen-bond acceptors (Lipinski definition) is 4. The number of carbonyl (C=O) groups excluding carboxylic acids is 2. The largest absolute Gasteiger partial charge is 0.481 e. The first-order chi connectivity index (χ1) is 9.69. The fraction of sp³-hybridized carbons (Fsp3) is 0.786. The van der Waals surface area contributed by atoms with Crippen LogP contribution in [-0.2, 0) is 14.3 Å². The van der Waals surface area contributed by atoms with Crippen molar-refractivity contribution in [3.8, 4) is 0 Å². The van der Waals surface area contributed by atoms with Gasteiger partial charge < -0.3 is 20.1 Å². The summed E-state index contributed by atoms with van der Waals surface area (Å²) in [6.07, 6.45) is 1.18. The van der Waals surface area contributed by atoms with Crippen molar-refractivity contribution < 1.29 is 24.2 Å². The van der Waals surface area contributed by atoms with Crippen LogP contribution >= 0.6 is 0 Å². The molecule has 3 atom stereocenters. The predicted octanol–water partition coefficient (Wildman–Crippen LogP) is 0.975. The third-order valence-electron chi connectivity index (χ3n) is 3.84. The maximum Gasteiger partial charge on any atom is 0.407 e. The molecule has 0 aromatic heterocycles. The molecule has 2 amide bonds. The van der Waals surface area contributed by atoms with E-state index in [-0.39, 0.29) is 24.4 Å². The third-order valence-corrected chi connectivity index (χ3v) is 3.84. The van der Waals surface area contributed by atoms with Gasteiger partial charge in [0.15, 0.2) is 0 Å². The molecule has 2 heterocycles. The van der Waals surface area contributed by atoms with Crippen LogP contribution in [0.1, 0.15) is 40.0 Å². The van der Waals surface area contributed by atoms with Gasteiger partial charge in [-0.3, -0.25) is 9.59 Å². The van der Waals surface area contributed by atoms with Gasteiger partial charge in [0.2, 0.25) is 5.91 Å². The van der Waals surface area contributed by atoms with Crippen molar-refractivity contribution in [2.75, 3.05) is 6.54 Å². The van der Waals surface area contributed by atoms with Gasteiger partial charge in [0, 0.05) is 6.54 Å². The highest BCUT2D eigenvalue weighted by molar-refractivity contribution is 5.99. The first-order valence-electron chi connectivity index (χ1n) is 7.22. The molecule has 2 aliphatic heterocycles. The second-order valence-electron chi connectivity index (χ2n) is 6.62. The van der Waals surface area contributed by atoms with Gasteiger partial charge in [-0.15, -0.1) is 0 Å². The van der Waals surface area contributed by atoms with Gasteiger partial charge in [-0.2, -0.15) is 0 Å². The highest BCUT2D eigenvalue weighted by Crippen LogP contribution is 2.32. The maximum atomic E-state index is 12.0. The molecule has 0 aromatic carbocycles. The Kier molecular flexibility index (Phi) is 4.11. The minimum atomic E-state index is -1.09. The van der Waals surface area contributed by atoms with Crippen LogP contribution in [-0.4, -0.2) is 52.2 Å². The molecule has 2 rings (SSSR count). The van der Waals surface area contributed by atoms with Crippen LogP contribution in [0.5, 0.6) is 0 Å². The number of carboxylic acids is 1. The number of carboxylic acid groups (broad SMARTS) is 1. The van der Waals surface area contributed by atoms with Gasteiger partial charge in [-0.05, 0) is 40.0 Å². The lowest BCUT2D eigenvalue weighted by atomic mass is 9.94. The van der Waals surface area contributed by atoms with E-state index in [2.05, 4.69) is 5.32 Å². The molecule has 7 heteroatoms. The van der Waals surface area contributed by atoms with Crippen LogP contribution in [0, 0.1) is 5.92 Å². The number of ether oxygens (including phenoxy) is 1. The van der Waals surface area contributed by atoms with E-state index in [1.807, 2.05) is 0 Å². The lowest BCUT2D eigenvalue weighted by Gasteiger charge is -2.37. The molecular formula is C14H22N2O5. The molecule has 0 spiro atoms. The van der Waals surface area contributed by atoms with Crippen LogP contribution in [0.3, 0.4) is 0 Å². The molecule has 2 fully saturated rings. The summed E-state index contributed by atoms with van der Waals surface area (Å²) in [5, 5.41) is 11.9. The molecule has 118 valence electrons. The zero-order valence-electron chi connectivity index (χ0n) is 12.6. The number of carbonyl (C=O) groups is 3. The fourth-order valence-corrected chi connectivity index (χ4v) is 3.00. The summed E-state index contributed by atoms with van der Waals surface area (Å²) >= 11 is 0. The Balaban J connectivity index is 2.03. The van der Waals surface area contributed by atoms with E-state index in [1.165, 1.54) is 0 Å². The second-order valence-corrected chi connectivity index (χ2v) is 6.62. The molecule has 0 aliphatic carbocycles. The van der Waals surface area contributed by atoms with Crippen molar-refractivity contribution in [3.63, 3.8) is 0 Å². The Morgan fingerprint density at radius 1 is 1.38 bits per heavy atom. The number of piperidine rings is 1. The standard InChI is InChI=1S/C14H22N2O5/c1-14(2,3)21-13(20)15-9-5-4-6-16-10(9)7-8(11(16)17)12(18)19/h8-10H,4-7H2,1-3H3,(H,15,20)(H,18,19)/t8?,9-,10+/m0/s1. The third kappa shape index (κ3) is 3.46. The Bertz CT molecular complexity index is 457. The van der Waals surface area contributed by atoms with E-state index in [9.17, 15) is 14.4 Å². The first-order valence-corrected chi connectivity index (χ1v) is 7.22. The van der Waals surface area contributed by atoms with Gasteiger partial charge in [0.1, 0.15) is 11.5 Å². The SMILES string of the molecule is CC(C)(C)OC(=O)N[C@H]1CCCN2C(=O)C(C(=O)O)C[C@H]12. The zero-order chi connectivity index (χ0) is 15.8. The van der Waals surface area contributed by atoms with E-state index in [0.29, 0.717) is 6.54 Å². The number of fused-ring (bicyclic) bond motifs is 1. The van der Waals surface area contributed by atoms with E-state index >= 15 is 0 Å². The molecule has 2 N–H and O–H groups in total. The number of aliphatic carboxylic acids is 1. The van der Waals surface area contributed by atoms with Crippen LogP contribution in [0.4, 0.5) is 4.79 Å². The molecule has 2 saturated heterocycles. The van der Waals surface area contributed by atoms with Gasteiger partial charge in [0.25, 0.3) is 0 Å². The van der Waals surface area contributed by atoms with E-state index in [0.717, 1.165) is 12.8 Å². The van der Waals surface area contributed by atoms with Crippen molar-refractivity contribution in [1.29, 1.82) is 0 Å². The van der Waals surface area contributed by atoms with Crippen LogP contribution < -0.4 is 5.32 Å². The van der Waals surface area contributed by atoms with Crippen LogP contribution in [0.15, 0.2) is 0 Å². The predicted molar refractivity (Wildman–Crippen MR) is 73.6 cm³/mol. The Labute approximate surface area is 123 Å². The minimum absolute atomic E-state index is 0.245. The highest BCUT2D eigenvalue weighted by Gasteiger charge is 2.48. The van der Waals surface area contributed by atoms with Gasteiger partial charge >= 0.3 is 12.1 Å². The summed E-state index contributed by atoms with van der Waals surface area (Å²) in [5.41, 5.74) is -0.590. The quantitative estimate of drug-likeness (QED) is 0.741. The van der Waals surface area contributed by atoms with Crippen molar-refractivity contribution in [1.82, 2.24) is 10.2 Å². The topological polar surface area (TPSA) is 95.9 Å². The molecule has 1 unspecified atom stereocenters.